The highest BCUT2D eigenvalue weighted by Gasteiger charge is 2.18. The van der Waals surface area contributed by atoms with Gasteiger partial charge in [-0.1, -0.05) is 0 Å². The van der Waals surface area contributed by atoms with E-state index in [1.807, 2.05) is 6.92 Å². The molecule has 0 fully saturated rings. The smallest absolute Gasteiger partial charge is 0.245 e. The van der Waals surface area contributed by atoms with Crippen LogP contribution in [0.15, 0.2) is 30.9 Å². The topological polar surface area (TPSA) is 75.6 Å². The third-order valence-electron chi connectivity index (χ3n) is 2.59. The van der Waals surface area contributed by atoms with Crippen molar-refractivity contribution in [3.8, 4) is 0 Å². The number of aromatic nitrogens is 4. The van der Waals surface area contributed by atoms with Gasteiger partial charge in [-0.15, -0.1) is 0 Å². The summed E-state index contributed by atoms with van der Waals surface area (Å²) < 4.78 is 1.62. The highest BCUT2D eigenvalue weighted by Crippen LogP contribution is 2.09. The van der Waals surface area contributed by atoms with Gasteiger partial charge in [-0.25, -0.2) is 4.98 Å². The number of aromatic amines is 1. The van der Waals surface area contributed by atoms with Crippen LogP contribution in [0.4, 0.5) is 0 Å². The maximum absolute atomic E-state index is 11.9. The lowest BCUT2D eigenvalue weighted by Gasteiger charge is -2.16. The molecule has 0 saturated heterocycles. The standard InChI is InChI=1S/C11H15N5O/c1-8(10-12-5-6-13-10)15-11(17)9(2)16-7-3-4-14-16/h3-9H,1-2H3,(H,12,13)(H,15,17). The molecule has 2 aromatic rings. The highest BCUT2D eigenvalue weighted by atomic mass is 16.2. The quantitative estimate of drug-likeness (QED) is 0.828. The minimum absolute atomic E-state index is 0.0856. The number of amides is 1. The molecule has 0 spiro atoms. The average Bonchev–Trinajstić information content (AvgIpc) is 3.00. The summed E-state index contributed by atoms with van der Waals surface area (Å²) in [7, 11) is 0. The number of nitrogens with one attached hydrogen (secondary N) is 2. The average molecular weight is 233 g/mol. The van der Waals surface area contributed by atoms with Crippen molar-refractivity contribution in [1.29, 1.82) is 0 Å². The van der Waals surface area contributed by atoms with Gasteiger partial charge in [0.1, 0.15) is 11.9 Å². The molecule has 90 valence electrons. The Labute approximate surface area is 99.1 Å². The fraction of sp³-hybridized carbons (Fsp3) is 0.364. The van der Waals surface area contributed by atoms with Crippen LogP contribution in [-0.4, -0.2) is 25.7 Å². The zero-order valence-corrected chi connectivity index (χ0v) is 9.79. The molecule has 2 N–H and O–H groups in total. The minimum Gasteiger partial charge on any atom is -0.347 e. The molecule has 2 aromatic heterocycles. The van der Waals surface area contributed by atoms with Crippen molar-refractivity contribution in [3.05, 3.63) is 36.7 Å². The van der Waals surface area contributed by atoms with E-state index in [2.05, 4.69) is 20.4 Å². The van der Waals surface area contributed by atoms with Gasteiger partial charge >= 0.3 is 0 Å². The second kappa shape index (κ2) is 4.82. The molecule has 0 saturated carbocycles. The Morgan fingerprint density at radius 2 is 2.29 bits per heavy atom. The molecule has 2 atom stereocenters. The van der Waals surface area contributed by atoms with Crippen LogP contribution in [0.5, 0.6) is 0 Å². The second-order valence-electron chi connectivity index (χ2n) is 3.87. The lowest BCUT2D eigenvalue weighted by atomic mass is 10.2. The molecule has 0 aliphatic rings. The molecule has 1 amide bonds. The summed E-state index contributed by atoms with van der Waals surface area (Å²) in [6.45, 7) is 3.68. The van der Waals surface area contributed by atoms with E-state index in [1.54, 1.807) is 42.5 Å². The molecule has 0 radical (unpaired) electrons. The maximum Gasteiger partial charge on any atom is 0.245 e. The predicted octanol–water partition coefficient (Wildman–Crippen LogP) is 1.04. The molecule has 17 heavy (non-hydrogen) atoms. The number of hydrogen-bond donors (Lipinski definition) is 2. The first-order valence-corrected chi connectivity index (χ1v) is 5.47. The number of nitrogens with zero attached hydrogens (tertiary/aromatic N) is 3. The Kier molecular flexibility index (Phi) is 3.22. The van der Waals surface area contributed by atoms with Crippen LogP contribution in [0.25, 0.3) is 0 Å². The summed E-state index contributed by atoms with van der Waals surface area (Å²) in [6.07, 6.45) is 6.81. The number of imidazole rings is 1. The summed E-state index contributed by atoms with van der Waals surface area (Å²) in [5.41, 5.74) is 0. The summed E-state index contributed by atoms with van der Waals surface area (Å²) in [5.74, 6) is 0.656. The van der Waals surface area contributed by atoms with Crippen LogP contribution in [0.1, 0.15) is 31.8 Å². The molecular formula is C11H15N5O. The van der Waals surface area contributed by atoms with Crippen LogP contribution >= 0.6 is 0 Å². The molecule has 6 heteroatoms. The third-order valence-corrected chi connectivity index (χ3v) is 2.59. The molecule has 0 aliphatic heterocycles. The van der Waals surface area contributed by atoms with Gasteiger partial charge < -0.3 is 10.3 Å². The van der Waals surface area contributed by atoms with E-state index in [0.717, 1.165) is 5.82 Å². The van der Waals surface area contributed by atoms with Crippen LogP contribution in [0, 0.1) is 0 Å². The van der Waals surface area contributed by atoms with Gasteiger partial charge in [-0.2, -0.15) is 5.10 Å². The summed E-state index contributed by atoms with van der Waals surface area (Å²) in [4.78, 5) is 19.0. The number of rotatable bonds is 4. The van der Waals surface area contributed by atoms with E-state index in [9.17, 15) is 4.79 Å². The van der Waals surface area contributed by atoms with Gasteiger partial charge in [0.2, 0.25) is 5.91 Å². The Morgan fingerprint density at radius 1 is 1.47 bits per heavy atom. The highest BCUT2D eigenvalue weighted by molar-refractivity contribution is 5.80. The molecule has 2 rings (SSSR count). The van der Waals surface area contributed by atoms with Gasteiger partial charge in [-0.05, 0) is 19.9 Å². The Balaban J connectivity index is 1.98. The van der Waals surface area contributed by atoms with Gasteiger partial charge in [0.25, 0.3) is 0 Å². The normalized spacial score (nSPS) is 14.2. The second-order valence-corrected chi connectivity index (χ2v) is 3.87. The van der Waals surface area contributed by atoms with Gasteiger partial charge in [-0.3, -0.25) is 9.48 Å². The van der Waals surface area contributed by atoms with E-state index < -0.39 is 0 Å². The van der Waals surface area contributed by atoms with Crippen molar-refractivity contribution < 1.29 is 4.79 Å². The van der Waals surface area contributed by atoms with Crippen LogP contribution < -0.4 is 5.32 Å². The molecule has 6 nitrogen and oxygen atoms in total. The number of carbonyl (C=O) groups is 1. The van der Waals surface area contributed by atoms with Crippen molar-refractivity contribution in [2.24, 2.45) is 0 Å². The molecule has 0 aliphatic carbocycles. The van der Waals surface area contributed by atoms with Crippen molar-refractivity contribution >= 4 is 5.91 Å². The van der Waals surface area contributed by atoms with E-state index in [1.165, 1.54) is 0 Å². The van der Waals surface area contributed by atoms with E-state index in [4.69, 9.17) is 0 Å². The minimum atomic E-state index is -0.331. The maximum atomic E-state index is 11.9. The largest absolute Gasteiger partial charge is 0.347 e. The van der Waals surface area contributed by atoms with Crippen LogP contribution in [0.3, 0.4) is 0 Å². The monoisotopic (exact) mass is 233 g/mol. The SMILES string of the molecule is CC(NC(=O)C(C)n1cccn1)c1ncc[nH]1. The lowest BCUT2D eigenvalue weighted by Crippen LogP contribution is -2.33. The molecule has 2 heterocycles. The van der Waals surface area contributed by atoms with Crippen molar-refractivity contribution in [3.63, 3.8) is 0 Å². The van der Waals surface area contributed by atoms with Gasteiger partial charge in [0.05, 0.1) is 6.04 Å². The Bertz CT molecular complexity index is 462. The fourth-order valence-corrected chi connectivity index (χ4v) is 1.55. The Hall–Kier alpha value is -2.11. The molecule has 2 unspecified atom stereocenters. The number of H-pyrrole nitrogens is 1. The zero-order valence-electron chi connectivity index (χ0n) is 9.79. The molecule has 0 aromatic carbocycles. The Morgan fingerprint density at radius 3 is 2.88 bits per heavy atom. The first kappa shape index (κ1) is 11.4. The van der Waals surface area contributed by atoms with Crippen molar-refractivity contribution in [2.75, 3.05) is 0 Å². The number of hydrogen-bond acceptors (Lipinski definition) is 3. The summed E-state index contributed by atoms with van der Waals surface area (Å²) in [6, 6.07) is 1.32. The molecule has 0 bridgehead atoms. The summed E-state index contributed by atoms with van der Waals surface area (Å²) in [5, 5.41) is 6.92. The van der Waals surface area contributed by atoms with E-state index >= 15 is 0 Å². The zero-order chi connectivity index (χ0) is 12.3. The molecular weight excluding hydrogens is 218 g/mol. The fourth-order valence-electron chi connectivity index (χ4n) is 1.55. The number of carbonyl (C=O) groups excluding carboxylic acids is 1. The van der Waals surface area contributed by atoms with Crippen molar-refractivity contribution in [1.82, 2.24) is 25.1 Å². The first-order valence-electron chi connectivity index (χ1n) is 5.47. The van der Waals surface area contributed by atoms with E-state index in [0.29, 0.717) is 0 Å². The van der Waals surface area contributed by atoms with Gasteiger partial charge in [0, 0.05) is 24.8 Å². The van der Waals surface area contributed by atoms with Crippen molar-refractivity contribution in [2.45, 2.75) is 25.9 Å². The lowest BCUT2D eigenvalue weighted by molar-refractivity contribution is -0.124. The first-order chi connectivity index (χ1) is 8.18. The van der Waals surface area contributed by atoms with Crippen LogP contribution in [0.2, 0.25) is 0 Å². The van der Waals surface area contributed by atoms with Crippen LogP contribution in [-0.2, 0) is 4.79 Å². The summed E-state index contributed by atoms with van der Waals surface area (Å²) >= 11 is 0. The predicted molar refractivity (Wildman–Crippen MR) is 62.1 cm³/mol. The van der Waals surface area contributed by atoms with E-state index in [-0.39, 0.29) is 18.0 Å². The van der Waals surface area contributed by atoms with Gasteiger partial charge in [0.15, 0.2) is 0 Å². The third kappa shape index (κ3) is 2.52.